The Morgan fingerprint density at radius 2 is 2.05 bits per heavy atom. The molecule has 3 atom stereocenters. The maximum atomic E-state index is 6.50. The van der Waals surface area contributed by atoms with E-state index in [1.54, 1.807) is 0 Å². The summed E-state index contributed by atoms with van der Waals surface area (Å²) < 4.78 is 7.61. The molecule has 0 aromatic heterocycles. The molecule has 0 saturated heterocycles. The highest BCUT2D eigenvalue weighted by molar-refractivity contribution is 9.10. The minimum absolute atomic E-state index is 0.148. The topological polar surface area (TPSA) is 35.2 Å². The predicted molar refractivity (Wildman–Crippen MR) is 92.9 cm³/mol. The van der Waals surface area contributed by atoms with E-state index >= 15 is 0 Å². The first-order chi connectivity index (χ1) is 10.0. The molecule has 2 N–H and O–H groups in total. The van der Waals surface area contributed by atoms with Gasteiger partial charge in [0, 0.05) is 10.5 Å². The van der Waals surface area contributed by atoms with Crippen LogP contribution in [0, 0.1) is 12.8 Å². The van der Waals surface area contributed by atoms with Gasteiger partial charge in [0.1, 0.15) is 11.9 Å². The molecule has 0 amide bonds. The molecule has 1 fully saturated rings. The second kappa shape index (κ2) is 7.64. The summed E-state index contributed by atoms with van der Waals surface area (Å²) in [5.74, 6) is 1.77. The van der Waals surface area contributed by atoms with Gasteiger partial charge in [-0.05, 0) is 75.1 Å². The summed E-state index contributed by atoms with van der Waals surface area (Å²) in [6.07, 6.45) is 7.58. The predicted octanol–water partition coefficient (Wildman–Crippen LogP) is 4.99. The molecular formula is C18H28BrNO. The van der Waals surface area contributed by atoms with Crippen LogP contribution in [0.4, 0.5) is 0 Å². The number of hydrogen-bond donors (Lipinski definition) is 1. The van der Waals surface area contributed by atoms with Crippen molar-refractivity contribution in [3.63, 3.8) is 0 Å². The standard InChI is InChI=1S/C18H28BrNO/c1-4-14-7-5-6-8-17(14)21-18-12(2)9-16(19)11-15(18)10-13(3)20/h9,11,13-14,17H,4-8,10,20H2,1-3H3. The van der Waals surface area contributed by atoms with Gasteiger partial charge in [-0.25, -0.2) is 0 Å². The van der Waals surface area contributed by atoms with Crippen molar-refractivity contribution in [1.82, 2.24) is 0 Å². The minimum atomic E-state index is 0.148. The molecule has 1 saturated carbocycles. The van der Waals surface area contributed by atoms with E-state index in [9.17, 15) is 0 Å². The lowest BCUT2D eigenvalue weighted by atomic mass is 9.84. The Bertz CT molecular complexity index is 473. The summed E-state index contributed by atoms with van der Waals surface area (Å²) in [4.78, 5) is 0. The van der Waals surface area contributed by atoms with Crippen molar-refractivity contribution in [2.75, 3.05) is 0 Å². The van der Waals surface area contributed by atoms with Crippen LogP contribution in [0.5, 0.6) is 5.75 Å². The van der Waals surface area contributed by atoms with E-state index < -0.39 is 0 Å². The zero-order valence-corrected chi connectivity index (χ0v) is 15.1. The van der Waals surface area contributed by atoms with Crippen molar-refractivity contribution in [3.05, 3.63) is 27.7 Å². The zero-order valence-electron chi connectivity index (χ0n) is 13.5. The number of benzene rings is 1. The van der Waals surface area contributed by atoms with E-state index in [1.165, 1.54) is 43.2 Å². The second-order valence-corrected chi connectivity index (χ2v) is 7.42. The van der Waals surface area contributed by atoms with Gasteiger partial charge >= 0.3 is 0 Å². The van der Waals surface area contributed by atoms with Gasteiger partial charge in [-0.2, -0.15) is 0 Å². The largest absolute Gasteiger partial charge is 0.490 e. The van der Waals surface area contributed by atoms with Crippen molar-refractivity contribution in [2.24, 2.45) is 11.7 Å². The van der Waals surface area contributed by atoms with Crippen molar-refractivity contribution in [3.8, 4) is 5.75 Å². The highest BCUT2D eigenvalue weighted by Gasteiger charge is 2.26. The molecule has 0 heterocycles. The van der Waals surface area contributed by atoms with Gasteiger partial charge in [0.05, 0.1) is 0 Å². The molecule has 0 radical (unpaired) electrons. The van der Waals surface area contributed by atoms with Crippen LogP contribution in [0.2, 0.25) is 0 Å². The van der Waals surface area contributed by atoms with Gasteiger partial charge in [-0.15, -0.1) is 0 Å². The fourth-order valence-electron chi connectivity index (χ4n) is 3.41. The van der Waals surface area contributed by atoms with Gasteiger partial charge in [0.25, 0.3) is 0 Å². The van der Waals surface area contributed by atoms with E-state index in [-0.39, 0.29) is 6.04 Å². The summed E-state index contributed by atoms with van der Waals surface area (Å²) in [5, 5.41) is 0. The highest BCUT2D eigenvalue weighted by atomic mass is 79.9. The summed E-state index contributed by atoms with van der Waals surface area (Å²) in [6, 6.07) is 4.45. The van der Waals surface area contributed by atoms with Crippen molar-refractivity contribution < 1.29 is 4.74 Å². The number of rotatable bonds is 5. The lowest BCUT2D eigenvalue weighted by Gasteiger charge is -2.32. The molecule has 3 unspecified atom stereocenters. The summed E-state index contributed by atoms with van der Waals surface area (Å²) >= 11 is 3.59. The van der Waals surface area contributed by atoms with Gasteiger partial charge in [0.2, 0.25) is 0 Å². The zero-order chi connectivity index (χ0) is 15.4. The van der Waals surface area contributed by atoms with E-state index in [1.807, 2.05) is 0 Å². The molecule has 1 aliphatic rings. The van der Waals surface area contributed by atoms with Crippen LogP contribution in [0.3, 0.4) is 0 Å². The van der Waals surface area contributed by atoms with Crippen LogP contribution < -0.4 is 10.5 Å². The Morgan fingerprint density at radius 1 is 1.33 bits per heavy atom. The van der Waals surface area contributed by atoms with Crippen LogP contribution in [-0.2, 0) is 6.42 Å². The maximum Gasteiger partial charge on any atom is 0.125 e. The summed E-state index contributed by atoms with van der Waals surface area (Å²) in [6.45, 7) is 6.47. The maximum absolute atomic E-state index is 6.50. The lowest BCUT2D eigenvalue weighted by Crippen LogP contribution is -2.30. The van der Waals surface area contributed by atoms with Gasteiger partial charge in [-0.3, -0.25) is 0 Å². The van der Waals surface area contributed by atoms with E-state index in [0.717, 1.165) is 16.6 Å². The quantitative estimate of drug-likeness (QED) is 0.808. The normalized spacial score (nSPS) is 23.9. The first-order valence-corrected chi connectivity index (χ1v) is 9.01. The molecule has 2 nitrogen and oxygen atoms in total. The minimum Gasteiger partial charge on any atom is -0.490 e. The third-order valence-electron chi connectivity index (χ3n) is 4.49. The van der Waals surface area contributed by atoms with E-state index in [4.69, 9.17) is 10.5 Å². The van der Waals surface area contributed by atoms with Crippen LogP contribution in [-0.4, -0.2) is 12.1 Å². The van der Waals surface area contributed by atoms with Crippen molar-refractivity contribution >= 4 is 15.9 Å². The smallest absolute Gasteiger partial charge is 0.125 e. The van der Waals surface area contributed by atoms with Crippen LogP contribution >= 0.6 is 15.9 Å². The Balaban J connectivity index is 2.24. The summed E-state index contributed by atoms with van der Waals surface area (Å²) in [7, 11) is 0. The second-order valence-electron chi connectivity index (χ2n) is 6.50. The van der Waals surface area contributed by atoms with Gasteiger partial charge in [-0.1, -0.05) is 29.3 Å². The Morgan fingerprint density at radius 3 is 2.71 bits per heavy atom. The molecule has 21 heavy (non-hydrogen) atoms. The van der Waals surface area contributed by atoms with E-state index in [0.29, 0.717) is 12.0 Å². The first kappa shape index (κ1) is 16.8. The molecule has 0 spiro atoms. The highest BCUT2D eigenvalue weighted by Crippen LogP contribution is 2.35. The molecule has 1 aromatic carbocycles. The molecule has 1 aliphatic carbocycles. The van der Waals surface area contributed by atoms with Crippen molar-refractivity contribution in [2.45, 2.75) is 71.4 Å². The molecule has 2 rings (SSSR count). The molecule has 0 bridgehead atoms. The number of nitrogens with two attached hydrogens (primary N) is 1. The Hall–Kier alpha value is -0.540. The fraction of sp³-hybridized carbons (Fsp3) is 0.667. The molecule has 0 aliphatic heterocycles. The monoisotopic (exact) mass is 353 g/mol. The summed E-state index contributed by atoms with van der Waals surface area (Å²) in [5.41, 5.74) is 8.45. The average Bonchev–Trinajstić information content (AvgIpc) is 2.42. The van der Waals surface area contributed by atoms with Gasteiger partial charge in [0.15, 0.2) is 0 Å². The number of halogens is 1. The average molecular weight is 354 g/mol. The third kappa shape index (κ3) is 4.46. The molecule has 118 valence electrons. The number of aryl methyl sites for hydroxylation is 1. The number of ether oxygens (including phenoxy) is 1. The van der Waals surface area contributed by atoms with E-state index in [2.05, 4.69) is 48.8 Å². The SMILES string of the molecule is CCC1CCCCC1Oc1c(C)cc(Br)cc1CC(C)N. The molecule has 1 aromatic rings. The van der Waals surface area contributed by atoms with Crippen LogP contribution in [0.15, 0.2) is 16.6 Å². The van der Waals surface area contributed by atoms with Crippen molar-refractivity contribution in [1.29, 1.82) is 0 Å². The molecular weight excluding hydrogens is 326 g/mol. The lowest BCUT2D eigenvalue weighted by molar-refractivity contribution is 0.0886. The third-order valence-corrected chi connectivity index (χ3v) is 4.95. The fourth-order valence-corrected chi connectivity index (χ4v) is 4.03. The van der Waals surface area contributed by atoms with Crippen LogP contribution in [0.1, 0.15) is 57.1 Å². The first-order valence-electron chi connectivity index (χ1n) is 8.22. The molecule has 3 heteroatoms. The van der Waals surface area contributed by atoms with Gasteiger partial charge < -0.3 is 10.5 Å². The van der Waals surface area contributed by atoms with Crippen LogP contribution in [0.25, 0.3) is 0 Å². The Labute approximate surface area is 137 Å². The Kier molecular flexibility index (Phi) is 6.12. The number of hydrogen-bond acceptors (Lipinski definition) is 2.